The standard InChI is InChI=1S/C24H30N2S/c1-16-6-8-20(9-7-16)23-13-21(27)12-22(17(23)2)18(3)25-14-19-10-11-24(4,5)26-15-19/h6-9,12-13,15,25-27H,3,10-11,14H2,1-2,4-5H3. The van der Waals surface area contributed by atoms with Gasteiger partial charge in [0, 0.05) is 28.2 Å². The van der Waals surface area contributed by atoms with Gasteiger partial charge in [-0.05, 0) is 81.1 Å². The van der Waals surface area contributed by atoms with E-state index in [2.05, 4.69) is 100 Å². The summed E-state index contributed by atoms with van der Waals surface area (Å²) in [6.07, 6.45) is 4.42. The van der Waals surface area contributed by atoms with Crippen LogP contribution >= 0.6 is 12.6 Å². The van der Waals surface area contributed by atoms with Crippen molar-refractivity contribution < 1.29 is 0 Å². The largest absolute Gasteiger partial charge is 0.386 e. The van der Waals surface area contributed by atoms with Crippen molar-refractivity contribution in [1.29, 1.82) is 0 Å². The Kier molecular flexibility index (Phi) is 5.71. The lowest BCUT2D eigenvalue weighted by Crippen LogP contribution is -2.39. The van der Waals surface area contributed by atoms with Gasteiger partial charge in [0.2, 0.25) is 0 Å². The molecule has 27 heavy (non-hydrogen) atoms. The molecule has 0 atom stereocenters. The Labute approximate surface area is 169 Å². The molecule has 0 amide bonds. The first-order chi connectivity index (χ1) is 12.7. The summed E-state index contributed by atoms with van der Waals surface area (Å²) in [4.78, 5) is 0.953. The SMILES string of the molecule is C=C(NCC1=CNC(C)(C)CC1)c1cc(S)cc(-c2ccc(C)cc2)c1C. The summed E-state index contributed by atoms with van der Waals surface area (Å²) in [5.41, 5.74) is 8.57. The maximum absolute atomic E-state index is 4.63. The molecule has 2 nitrogen and oxygen atoms in total. The predicted octanol–water partition coefficient (Wildman–Crippen LogP) is 5.87. The number of hydrogen-bond acceptors (Lipinski definition) is 3. The summed E-state index contributed by atoms with van der Waals surface area (Å²) in [6, 6.07) is 12.9. The molecule has 0 unspecified atom stereocenters. The molecule has 1 heterocycles. The van der Waals surface area contributed by atoms with Crippen LogP contribution in [0.5, 0.6) is 0 Å². The monoisotopic (exact) mass is 378 g/mol. The number of rotatable bonds is 5. The minimum Gasteiger partial charge on any atom is -0.386 e. The highest BCUT2D eigenvalue weighted by Crippen LogP contribution is 2.31. The van der Waals surface area contributed by atoms with Crippen molar-refractivity contribution in [3.63, 3.8) is 0 Å². The molecule has 0 aromatic heterocycles. The van der Waals surface area contributed by atoms with E-state index in [9.17, 15) is 0 Å². The number of thiol groups is 1. The Morgan fingerprint density at radius 2 is 1.89 bits per heavy atom. The molecule has 0 radical (unpaired) electrons. The average Bonchev–Trinajstić information content (AvgIpc) is 2.63. The normalized spacial score (nSPS) is 15.7. The molecular formula is C24H30N2S. The molecule has 0 aliphatic carbocycles. The van der Waals surface area contributed by atoms with Gasteiger partial charge in [-0.25, -0.2) is 0 Å². The lowest BCUT2D eigenvalue weighted by molar-refractivity contribution is 0.387. The van der Waals surface area contributed by atoms with Crippen LogP contribution in [-0.4, -0.2) is 12.1 Å². The van der Waals surface area contributed by atoms with E-state index < -0.39 is 0 Å². The van der Waals surface area contributed by atoms with E-state index in [0.717, 1.165) is 35.5 Å². The van der Waals surface area contributed by atoms with Gasteiger partial charge in [-0.3, -0.25) is 0 Å². The minimum atomic E-state index is 0.195. The third-order valence-electron chi connectivity index (χ3n) is 5.35. The van der Waals surface area contributed by atoms with Crippen molar-refractivity contribution in [2.24, 2.45) is 0 Å². The molecule has 0 spiro atoms. The van der Waals surface area contributed by atoms with Gasteiger partial charge >= 0.3 is 0 Å². The molecule has 2 aromatic carbocycles. The van der Waals surface area contributed by atoms with Crippen LogP contribution < -0.4 is 10.6 Å². The summed E-state index contributed by atoms with van der Waals surface area (Å²) in [5.74, 6) is 0. The Morgan fingerprint density at radius 3 is 2.52 bits per heavy atom. The third kappa shape index (κ3) is 4.78. The number of nitrogens with one attached hydrogen (secondary N) is 2. The first kappa shape index (κ1) is 19.6. The smallest absolute Gasteiger partial charge is 0.0377 e. The van der Waals surface area contributed by atoms with Gasteiger partial charge in [-0.15, -0.1) is 12.6 Å². The molecule has 1 aliphatic heterocycles. The zero-order chi connectivity index (χ0) is 19.6. The van der Waals surface area contributed by atoms with E-state index in [1.165, 1.54) is 27.8 Å². The van der Waals surface area contributed by atoms with Crippen LogP contribution in [0.1, 0.15) is 43.4 Å². The second kappa shape index (κ2) is 7.85. The zero-order valence-corrected chi connectivity index (χ0v) is 17.7. The van der Waals surface area contributed by atoms with Crippen LogP contribution in [0.25, 0.3) is 16.8 Å². The Bertz CT molecular complexity index is 876. The van der Waals surface area contributed by atoms with Gasteiger partial charge in [0.05, 0.1) is 0 Å². The summed E-state index contributed by atoms with van der Waals surface area (Å²) < 4.78 is 0. The number of benzene rings is 2. The number of aryl methyl sites for hydroxylation is 1. The van der Waals surface area contributed by atoms with Gasteiger partial charge in [-0.2, -0.15) is 0 Å². The second-order valence-electron chi connectivity index (χ2n) is 8.19. The lowest BCUT2D eigenvalue weighted by Gasteiger charge is -2.31. The molecule has 0 fully saturated rings. The summed E-state index contributed by atoms with van der Waals surface area (Å²) in [7, 11) is 0. The highest BCUT2D eigenvalue weighted by atomic mass is 32.1. The molecule has 3 rings (SSSR count). The summed E-state index contributed by atoms with van der Waals surface area (Å²) in [6.45, 7) is 13.9. The molecule has 3 heteroatoms. The molecule has 2 aromatic rings. The fourth-order valence-electron chi connectivity index (χ4n) is 3.42. The lowest BCUT2D eigenvalue weighted by atomic mass is 9.92. The van der Waals surface area contributed by atoms with Gasteiger partial charge in [0.25, 0.3) is 0 Å². The van der Waals surface area contributed by atoms with Crippen molar-refractivity contribution in [1.82, 2.24) is 10.6 Å². The first-order valence-electron chi connectivity index (χ1n) is 9.54. The van der Waals surface area contributed by atoms with Crippen LogP contribution in [-0.2, 0) is 0 Å². The van der Waals surface area contributed by atoms with E-state index in [0.29, 0.717) is 0 Å². The predicted molar refractivity (Wildman–Crippen MR) is 120 cm³/mol. The van der Waals surface area contributed by atoms with Crippen molar-refractivity contribution in [2.45, 2.75) is 51.0 Å². The van der Waals surface area contributed by atoms with E-state index in [4.69, 9.17) is 0 Å². The fraction of sp³-hybridized carbons (Fsp3) is 0.333. The van der Waals surface area contributed by atoms with E-state index in [1.54, 1.807) is 0 Å². The van der Waals surface area contributed by atoms with Crippen LogP contribution in [0.15, 0.2) is 59.6 Å². The van der Waals surface area contributed by atoms with Crippen LogP contribution in [0.4, 0.5) is 0 Å². The van der Waals surface area contributed by atoms with E-state index in [1.807, 2.05) is 0 Å². The van der Waals surface area contributed by atoms with Crippen molar-refractivity contribution in [2.75, 3.05) is 6.54 Å². The molecule has 0 bridgehead atoms. The molecule has 1 aliphatic rings. The van der Waals surface area contributed by atoms with Crippen LogP contribution in [0, 0.1) is 13.8 Å². The molecule has 2 N–H and O–H groups in total. The van der Waals surface area contributed by atoms with Gasteiger partial charge in [-0.1, -0.05) is 36.4 Å². The molecule has 0 saturated heterocycles. The molecule has 0 saturated carbocycles. The van der Waals surface area contributed by atoms with Gasteiger partial charge in [0.1, 0.15) is 0 Å². The van der Waals surface area contributed by atoms with Crippen LogP contribution in [0.2, 0.25) is 0 Å². The van der Waals surface area contributed by atoms with Crippen LogP contribution in [0.3, 0.4) is 0 Å². The Balaban J connectivity index is 1.79. The second-order valence-corrected chi connectivity index (χ2v) is 8.71. The van der Waals surface area contributed by atoms with Crippen molar-refractivity contribution >= 4 is 18.3 Å². The first-order valence-corrected chi connectivity index (χ1v) is 9.99. The maximum atomic E-state index is 4.63. The van der Waals surface area contributed by atoms with Crippen molar-refractivity contribution in [3.05, 3.63) is 71.4 Å². The topological polar surface area (TPSA) is 24.1 Å². The summed E-state index contributed by atoms with van der Waals surface area (Å²) in [5, 5.41) is 7.00. The Hall–Kier alpha value is -2.13. The average molecular weight is 379 g/mol. The van der Waals surface area contributed by atoms with E-state index >= 15 is 0 Å². The highest BCUT2D eigenvalue weighted by Gasteiger charge is 2.20. The van der Waals surface area contributed by atoms with Gasteiger partial charge in [0.15, 0.2) is 0 Å². The molecular weight excluding hydrogens is 348 g/mol. The maximum Gasteiger partial charge on any atom is 0.0377 e. The fourth-order valence-corrected chi connectivity index (χ4v) is 3.67. The van der Waals surface area contributed by atoms with E-state index in [-0.39, 0.29) is 5.54 Å². The number of hydrogen-bond donors (Lipinski definition) is 3. The molecule has 142 valence electrons. The van der Waals surface area contributed by atoms with Crippen molar-refractivity contribution in [3.8, 4) is 11.1 Å². The zero-order valence-electron chi connectivity index (χ0n) is 16.8. The van der Waals surface area contributed by atoms with Gasteiger partial charge < -0.3 is 10.6 Å². The third-order valence-corrected chi connectivity index (χ3v) is 5.61. The minimum absolute atomic E-state index is 0.195. The quantitative estimate of drug-likeness (QED) is 0.567. The highest BCUT2D eigenvalue weighted by molar-refractivity contribution is 7.80. The summed E-state index contributed by atoms with van der Waals surface area (Å²) >= 11 is 4.63. The Morgan fingerprint density at radius 1 is 1.19 bits per heavy atom.